The van der Waals surface area contributed by atoms with E-state index in [2.05, 4.69) is 86.8 Å². The molecule has 0 saturated carbocycles. The zero-order chi connectivity index (χ0) is 64.6. The van der Waals surface area contributed by atoms with E-state index in [-0.39, 0.29) is 19.4 Å². The van der Waals surface area contributed by atoms with Crippen LogP contribution in [-0.2, 0) is 23.8 Å². The van der Waals surface area contributed by atoms with Crippen molar-refractivity contribution in [3.8, 4) is 0 Å². The van der Waals surface area contributed by atoms with Crippen LogP contribution < -0.4 is 5.32 Å². The molecule has 1 amide bonds. The van der Waals surface area contributed by atoms with E-state index >= 15 is 0 Å². The molecule has 11 nitrogen and oxygen atoms in total. The highest BCUT2D eigenvalue weighted by Gasteiger charge is 2.47. The Bertz CT molecular complexity index is 1730. The van der Waals surface area contributed by atoms with Crippen molar-refractivity contribution in [1.29, 1.82) is 0 Å². The molecular formula is C78H141NO10. The third-order valence-corrected chi connectivity index (χ3v) is 17.6. The first kappa shape index (κ1) is 84.1. The Kier molecular flexibility index (Phi) is 61.6. The molecule has 0 aromatic heterocycles. The summed E-state index contributed by atoms with van der Waals surface area (Å²) in [5.74, 6) is -1.19. The van der Waals surface area contributed by atoms with Gasteiger partial charge in [0, 0.05) is 6.42 Å². The molecule has 8 unspecified atom stereocenters. The number of esters is 1. The maximum Gasteiger partial charge on any atom is 0.306 e. The number of ether oxygens (including phenoxy) is 3. The number of aliphatic hydroxyl groups excluding tert-OH is 5. The Balaban J connectivity index is 2.51. The van der Waals surface area contributed by atoms with Gasteiger partial charge in [0.25, 0.3) is 0 Å². The molecule has 6 N–H and O–H groups in total. The zero-order valence-electron chi connectivity index (χ0n) is 57.8. The second kappa shape index (κ2) is 65.2. The number of amides is 1. The van der Waals surface area contributed by atoms with Gasteiger partial charge in [0.05, 0.1) is 25.4 Å². The van der Waals surface area contributed by atoms with E-state index in [4.69, 9.17) is 14.2 Å². The normalized spacial score (nSPS) is 18.5. The topological polar surface area (TPSA) is 175 Å². The summed E-state index contributed by atoms with van der Waals surface area (Å²) < 4.78 is 17.7. The Morgan fingerprint density at radius 3 is 1.21 bits per heavy atom. The summed E-state index contributed by atoms with van der Waals surface area (Å²) in [4.78, 5) is 26.7. The van der Waals surface area contributed by atoms with Gasteiger partial charge in [-0.15, -0.1) is 0 Å². The SMILES string of the molecule is CC/C=C\C/C=C\C/C=C\C/C=C\C/C=C\CCCCCCCCCCC(O)C(=O)NC(COC1OC(CO)C(O)C(O)C1OC(=O)CCCCCCCCCCCCCCCCCCCCCCCCCCC)C(O)/C=C/CCCCCCCCCCC. The molecule has 518 valence electrons. The lowest BCUT2D eigenvalue weighted by atomic mass is 9.99. The number of carbonyl (C=O) groups excluding carboxylic acids is 2. The predicted molar refractivity (Wildman–Crippen MR) is 375 cm³/mol. The van der Waals surface area contributed by atoms with Crippen molar-refractivity contribution in [2.75, 3.05) is 13.2 Å². The summed E-state index contributed by atoms with van der Waals surface area (Å²) in [6, 6.07) is -1.03. The van der Waals surface area contributed by atoms with Crippen molar-refractivity contribution in [2.24, 2.45) is 0 Å². The van der Waals surface area contributed by atoms with E-state index in [1.54, 1.807) is 6.08 Å². The molecule has 0 spiro atoms. The van der Waals surface area contributed by atoms with Crippen molar-refractivity contribution in [3.63, 3.8) is 0 Å². The highest BCUT2D eigenvalue weighted by Crippen LogP contribution is 2.26. The van der Waals surface area contributed by atoms with Crippen molar-refractivity contribution in [1.82, 2.24) is 5.32 Å². The molecule has 89 heavy (non-hydrogen) atoms. The van der Waals surface area contributed by atoms with E-state index in [0.29, 0.717) is 12.8 Å². The van der Waals surface area contributed by atoms with Gasteiger partial charge >= 0.3 is 5.97 Å². The third-order valence-electron chi connectivity index (χ3n) is 17.6. The number of unbranched alkanes of at least 4 members (excludes halogenated alkanes) is 41. The van der Waals surface area contributed by atoms with Crippen LogP contribution in [0.5, 0.6) is 0 Å². The lowest BCUT2D eigenvalue weighted by Gasteiger charge is -2.41. The largest absolute Gasteiger partial charge is 0.454 e. The molecule has 1 fully saturated rings. The minimum atomic E-state index is -1.62. The lowest BCUT2D eigenvalue weighted by Crippen LogP contribution is -2.61. The average Bonchev–Trinajstić information content (AvgIpc) is 3.72. The number of carbonyl (C=O) groups is 2. The van der Waals surface area contributed by atoms with Crippen LogP contribution in [-0.4, -0.2) is 99.6 Å². The molecular weight excluding hydrogens is 1110 g/mol. The van der Waals surface area contributed by atoms with Gasteiger partial charge in [-0.1, -0.05) is 344 Å². The van der Waals surface area contributed by atoms with Crippen molar-refractivity contribution in [3.05, 3.63) is 72.9 Å². The summed E-state index contributed by atoms with van der Waals surface area (Å²) in [7, 11) is 0. The number of allylic oxidation sites excluding steroid dienone is 11. The smallest absolute Gasteiger partial charge is 0.306 e. The Morgan fingerprint density at radius 1 is 0.449 bits per heavy atom. The number of rotatable bonds is 65. The van der Waals surface area contributed by atoms with E-state index in [1.165, 1.54) is 205 Å². The van der Waals surface area contributed by atoms with Gasteiger partial charge in [0.15, 0.2) is 12.4 Å². The van der Waals surface area contributed by atoms with Gasteiger partial charge in [0.1, 0.15) is 24.4 Å². The first-order chi connectivity index (χ1) is 43.7. The van der Waals surface area contributed by atoms with E-state index in [1.807, 2.05) is 6.08 Å². The summed E-state index contributed by atoms with van der Waals surface area (Å²) in [6.45, 7) is 5.72. The number of nitrogens with one attached hydrogen (secondary N) is 1. The fourth-order valence-electron chi connectivity index (χ4n) is 11.7. The Hall–Kier alpha value is -2.90. The standard InChI is InChI=1S/C78H141NO10/c1-4-7-10-13-16-19-22-24-26-28-30-32-34-36-38-40-42-44-46-48-51-54-57-60-63-66-73(83)89-76-75(85)74(84)72(67-80)88-78(76)87-68-69(70(81)64-61-58-55-52-49-21-18-15-12-9-6-3)79-77(86)71(82)65-62-59-56-53-50-47-45-43-41-39-37-35-33-31-29-27-25-23-20-17-14-11-8-5-2/h8,11,17,20,25,27,31,33,37,39,61,64,69-72,74-76,78,80-82,84-85H,4-7,9-10,12-16,18-19,21-24,26,28-30,32,34-36,38,40-60,62-63,65-68H2,1-3H3,(H,79,86)/b11-8-,20-17-,27-25-,33-31-,39-37-,64-61+. The third kappa shape index (κ3) is 52.2. The van der Waals surface area contributed by atoms with Crippen LogP contribution in [0.4, 0.5) is 0 Å². The summed E-state index contributed by atoms with van der Waals surface area (Å²) >= 11 is 0. The van der Waals surface area contributed by atoms with Gasteiger partial charge in [0.2, 0.25) is 5.91 Å². The number of hydrogen-bond acceptors (Lipinski definition) is 10. The minimum absolute atomic E-state index is 0.126. The van der Waals surface area contributed by atoms with Gasteiger partial charge < -0.3 is 45.1 Å². The van der Waals surface area contributed by atoms with Gasteiger partial charge in [-0.05, 0) is 70.6 Å². The van der Waals surface area contributed by atoms with E-state index in [0.717, 1.165) is 96.3 Å². The maximum absolute atomic E-state index is 13.5. The van der Waals surface area contributed by atoms with Crippen LogP contribution in [0.15, 0.2) is 72.9 Å². The molecule has 1 saturated heterocycles. The Morgan fingerprint density at radius 2 is 0.809 bits per heavy atom. The van der Waals surface area contributed by atoms with Crippen LogP contribution in [0, 0.1) is 0 Å². The summed E-state index contributed by atoms with van der Waals surface area (Å²) in [6.07, 6.45) is 75.3. The van der Waals surface area contributed by atoms with E-state index in [9.17, 15) is 35.1 Å². The van der Waals surface area contributed by atoms with E-state index < -0.39 is 67.4 Å². The van der Waals surface area contributed by atoms with Crippen LogP contribution in [0.25, 0.3) is 0 Å². The average molecular weight is 1250 g/mol. The highest BCUT2D eigenvalue weighted by atomic mass is 16.7. The molecule has 0 aromatic rings. The first-order valence-electron chi connectivity index (χ1n) is 37.7. The predicted octanol–water partition coefficient (Wildman–Crippen LogP) is 19.9. The maximum atomic E-state index is 13.5. The molecule has 1 aliphatic rings. The van der Waals surface area contributed by atoms with Crippen LogP contribution in [0.3, 0.4) is 0 Å². The lowest BCUT2D eigenvalue weighted by molar-refractivity contribution is -0.305. The second-order valence-electron chi connectivity index (χ2n) is 26.0. The second-order valence-corrected chi connectivity index (χ2v) is 26.0. The molecule has 0 aromatic carbocycles. The van der Waals surface area contributed by atoms with Crippen molar-refractivity contribution < 1.29 is 49.3 Å². The summed E-state index contributed by atoms with van der Waals surface area (Å²) in [5.41, 5.74) is 0. The van der Waals surface area contributed by atoms with Crippen LogP contribution >= 0.6 is 0 Å². The monoisotopic (exact) mass is 1250 g/mol. The highest BCUT2D eigenvalue weighted by molar-refractivity contribution is 5.80. The van der Waals surface area contributed by atoms with Gasteiger partial charge in [-0.3, -0.25) is 9.59 Å². The zero-order valence-corrected chi connectivity index (χ0v) is 57.8. The number of hydrogen-bond donors (Lipinski definition) is 6. The molecule has 11 heteroatoms. The Labute approximate surface area is 547 Å². The molecule has 1 rings (SSSR count). The number of aliphatic hydroxyl groups is 5. The fraction of sp³-hybridized carbons (Fsp3) is 0.821. The van der Waals surface area contributed by atoms with Crippen LogP contribution in [0.2, 0.25) is 0 Å². The quantitative estimate of drug-likeness (QED) is 0.0195. The molecule has 1 heterocycles. The van der Waals surface area contributed by atoms with Crippen LogP contribution in [0.1, 0.15) is 348 Å². The van der Waals surface area contributed by atoms with Crippen molar-refractivity contribution in [2.45, 2.75) is 397 Å². The summed E-state index contributed by atoms with van der Waals surface area (Å²) in [5, 5.41) is 57.3. The first-order valence-corrected chi connectivity index (χ1v) is 37.7. The van der Waals surface area contributed by atoms with Gasteiger partial charge in [-0.25, -0.2) is 0 Å². The molecule has 8 atom stereocenters. The van der Waals surface area contributed by atoms with Crippen molar-refractivity contribution >= 4 is 11.9 Å². The molecule has 0 bridgehead atoms. The molecule has 0 aliphatic carbocycles. The molecule has 0 radical (unpaired) electrons. The minimum Gasteiger partial charge on any atom is -0.454 e. The fourth-order valence-corrected chi connectivity index (χ4v) is 11.7. The van der Waals surface area contributed by atoms with Gasteiger partial charge in [-0.2, -0.15) is 0 Å². The molecule has 1 aliphatic heterocycles.